The Hall–Kier alpha value is -2.69. The summed E-state index contributed by atoms with van der Waals surface area (Å²) in [5.41, 5.74) is 3.13. The van der Waals surface area contributed by atoms with Crippen LogP contribution in [-0.4, -0.2) is 30.0 Å². The van der Waals surface area contributed by atoms with E-state index in [-0.39, 0.29) is 5.91 Å². The summed E-state index contributed by atoms with van der Waals surface area (Å²) in [7, 11) is 3.77. The van der Waals surface area contributed by atoms with E-state index in [9.17, 15) is 4.79 Å². The Morgan fingerprint density at radius 1 is 1.09 bits per heavy atom. The lowest BCUT2D eigenvalue weighted by molar-refractivity contribution is -0.111. The number of nitrogens with one attached hydrogen (secondary N) is 1. The van der Waals surface area contributed by atoms with Crippen molar-refractivity contribution in [2.75, 3.05) is 24.3 Å². The minimum atomic E-state index is -0.198. The highest BCUT2D eigenvalue weighted by molar-refractivity contribution is 6.02. The maximum atomic E-state index is 12.0. The topological polar surface area (TPSA) is 58.1 Å². The molecule has 0 saturated carbocycles. The van der Waals surface area contributed by atoms with Crippen LogP contribution in [0.3, 0.4) is 0 Å². The molecule has 0 bridgehead atoms. The highest BCUT2D eigenvalue weighted by Crippen LogP contribution is 2.19. The standard InChI is InChI=1S/C17H20N4O/c1-12-16(13(2)19-17(18-12)21(3)4)20-15(22)11-10-14-8-6-5-7-9-14/h5-11H,1-4H3,(H,20,22). The number of nitrogens with zero attached hydrogens (tertiary/aromatic N) is 3. The number of carbonyl (C=O) groups excluding carboxylic acids is 1. The van der Waals surface area contributed by atoms with E-state index in [0.717, 1.165) is 17.0 Å². The SMILES string of the molecule is Cc1nc(N(C)C)nc(C)c1NC(=O)C=Cc1ccccc1. The average Bonchev–Trinajstić information content (AvgIpc) is 2.49. The Labute approximate surface area is 130 Å². The van der Waals surface area contributed by atoms with E-state index >= 15 is 0 Å². The Bertz CT molecular complexity index is 670. The molecule has 1 N–H and O–H groups in total. The van der Waals surface area contributed by atoms with Gasteiger partial charge in [-0.3, -0.25) is 4.79 Å². The molecule has 0 atom stereocenters. The summed E-state index contributed by atoms with van der Waals surface area (Å²) < 4.78 is 0. The molecule has 114 valence electrons. The van der Waals surface area contributed by atoms with Crippen LogP contribution in [0.4, 0.5) is 11.6 Å². The summed E-state index contributed by atoms with van der Waals surface area (Å²) in [5, 5.41) is 2.85. The molecule has 2 aromatic rings. The van der Waals surface area contributed by atoms with Gasteiger partial charge in [-0.25, -0.2) is 9.97 Å². The Balaban J connectivity index is 2.14. The van der Waals surface area contributed by atoms with Gasteiger partial charge in [0.1, 0.15) is 0 Å². The number of aryl methyl sites for hydroxylation is 2. The number of amides is 1. The number of carbonyl (C=O) groups is 1. The van der Waals surface area contributed by atoms with E-state index in [1.807, 2.05) is 63.2 Å². The van der Waals surface area contributed by atoms with Gasteiger partial charge in [0.15, 0.2) is 0 Å². The van der Waals surface area contributed by atoms with Gasteiger partial charge in [-0.15, -0.1) is 0 Å². The van der Waals surface area contributed by atoms with Crippen molar-refractivity contribution in [3.63, 3.8) is 0 Å². The number of rotatable bonds is 4. The minimum Gasteiger partial charge on any atom is -0.347 e. The van der Waals surface area contributed by atoms with Gasteiger partial charge in [-0.05, 0) is 25.5 Å². The van der Waals surface area contributed by atoms with Crippen molar-refractivity contribution in [2.45, 2.75) is 13.8 Å². The molecule has 1 amide bonds. The number of anilines is 2. The summed E-state index contributed by atoms with van der Waals surface area (Å²) >= 11 is 0. The molecule has 1 heterocycles. The van der Waals surface area contributed by atoms with Crippen LogP contribution < -0.4 is 10.2 Å². The first kappa shape index (κ1) is 15.7. The van der Waals surface area contributed by atoms with Crippen LogP contribution in [0.2, 0.25) is 0 Å². The second kappa shape index (κ2) is 6.85. The maximum absolute atomic E-state index is 12.0. The van der Waals surface area contributed by atoms with Gasteiger partial charge >= 0.3 is 0 Å². The summed E-state index contributed by atoms with van der Waals surface area (Å²) in [6.45, 7) is 3.72. The molecular weight excluding hydrogens is 276 g/mol. The van der Waals surface area contributed by atoms with E-state index in [2.05, 4.69) is 15.3 Å². The number of hydrogen-bond donors (Lipinski definition) is 1. The highest BCUT2D eigenvalue weighted by atomic mass is 16.1. The molecule has 1 aromatic heterocycles. The van der Waals surface area contributed by atoms with Gasteiger partial charge in [-0.1, -0.05) is 30.3 Å². The molecule has 0 unspecified atom stereocenters. The Morgan fingerprint density at radius 2 is 1.68 bits per heavy atom. The van der Waals surface area contributed by atoms with Crippen LogP contribution >= 0.6 is 0 Å². The van der Waals surface area contributed by atoms with E-state index < -0.39 is 0 Å². The molecule has 0 aliphatic rings. The molecule has 1 aromatic carbocycles. The lowest BCUT2D eigenvalue weighted by Gasteiger charge is -2.15. The lowest BCUT2D eigenvalue weighted by atomic mass is 10.2. The van der Waals surface area contributed by atoms with Crippen molar-refractivity contribution in [1.82, 2.24) is 9.97 Å². The Morgan fingerprint density at radius 3 is 2.23 bits per heavy atom. The van der Waals surface area contributed by atoms with Gasteiger partial charge in [0.2, 0.25) is 11.9 Å². The Kier molecular flexibility index (Phi) is 4.88. The van der Waals surface area contributed by atoms with E-state index in [0.29, 0.717) is 11.6 Å². The molecule has 5 heteroatoms. The normalized spacial score (nSPS) is 10.7. The first-order valence-corrected chi connectivity index (χ1v) is 7.04. The fraction of sp³-hybridized carbons (Fsp3) is 0.235. The minimum absolute atomic E-state index is 0.198. The van der Waals surface area contributed by atoms with Crippen molar-refractivity contribution in [1.29, 1.82) is 0 Å². The molecule has 0 aliphatic carbocycles. The van der Waals surface area contributed by atoms with Gasteiger partial charge in [0.05, 0.1) is 17.1 Å². The number of aromatic nitrogens is 2. The van der Waals surface area contributed by atoms with Crippen LogP contribution in [0.15, 0.2) is 36.4 Å². The van der Waals surface area contributed by atoms with Crippen molar-refractivity contribution in [3.05, 3.63) is 53.4 Å². The largest absolute Gasteiger partial charge is 0.347 e. The zero-order valence-electron chi connectivity index (χ0n) is 13.3. The van der Waals surface area contributed by atoms with Crippen LogP contribution in [0.25, 0.3) is 6.08 Å². The molecule has 5 nitrogen and oxygen atoms in total. The zero-order valence-corrected chi connectivity index (χ0v) is 13.3. The van der Waals surface area contributed by atoms with Crippen LogP contribution in [-0.2, 0) is 4.79 Å². The average molecular weight is 296 g/mol. The highest BCUT2D eigenvalue weighted by Gasteiger charge is 2.11. The maximum Gasteiger partial charge on any atom is 0.248 e. The van der Waals surface area contributed by atoms with Crippen LogP contribution in [0.5, 0.6) is 0 Å². The summed E-state index contributed by atoms with van der Waals surface area (Å²) in [5.74, 6) is 0.434. The number of benzene rings is 1. The summed E-state index contributed by atoms with van der Waals surface area (Å²) in [6, 6.07) is 9.68. The lowest BCUT2D eigenvalue weighted by Crippen LogP contribution is -2.17. The smallest absolute Gasteiger partial charge is 0.248 e. The number of hydrogen-bond acceptors (Lipinski definition) is 4. The second-order valence-electron chi connectivity index (χ2n) is 5.20. The molecule has 0 fully saturated rings. The van der Waals surface area contributed by atoms with E-state index in [4.69, 9.17) is 0 Å². The van der Waals surface area contributed by atoms with Gasteiger partial charge in [-0.2, -0.15) is 0 Å². The third-order valence-corrected chi connectivity index (χ3v) is 3.13. The molecule has 0 spiro atoms. The van der Waals surface area contributed by atoms with Gasteiger partial charge < -0.3 is 10.2 Å². The molecule has 2 rings (SSSR count). The summed E-state index contributed by atoms with van der Waals surface area (Å²) in [6.07, 6.45) is 3.28. The first-order valence-electron chi connectivity index (χ1n) is 7.04. The van der Waals surface area contributed by atoms with E-state index in [1.54, 1.807) is 6.08 Å². The fourth-order valence-electron chi connectivity index (χ4n) is 1.98. The fourth-order valence-corrected chi connectivity index (χ4v) is 1.98. The third-order valence-electron chi connectivity index (χ3n) is 3.13. The van der Waals surface area contributed by atoms with Gasteiger partial charge in [0, 0.05) is 20.2 Å². The first-order chi connectivity index (χ1) is 10.5. The van der Waals surface area contributed by atoms with Crippen LogP contribution in [0, 0.1) is 13.8 Å². The molecule has 0 saturated heterocycles. The molecule has 0 radical (unpaired) electrons. The van der Waals surface area contributed by atoms with E-state index in [1.165, 1.54) is 6.08 Å². The van der Waals surface area contributed by atoms with Crippen LogP contribution in [0.1, 0.15) is 17.0 Å². The van der Waals surface area contributed by atoms with Crippen molar-refractivity contribution < 1.29 is 4.79 Å². The zero-order chi connectivity index (χ0) is 16.1. The second-order valence-corrected chi connectivity index (χ2v) is 5.20. The molecule has 0 aliphatic heterocycles. The predicted molar refractivity (Wildman–Crippen MR) is 89.9 cm³/mol. The molecular formula is C17H20N4O. The third kappa shape index (κ3) is 3.91. The summed E-state index contributed by atoms with van der Waals surface area (Å²) in [4.78, 5) is 22.6. The van der Waals surface area contributed by atoms with Crippen molar-refractivity contribution >= 4 is 23.6 Å². The monoisotopic (exact) mass is 296 g/mol. The molecule has 22 heavy (non-hydrogen) atoms. The predicted octanol–water partition coefficient (Wildman–Crippen LogP) is 2.81. The van der Waals surface area contributed by atoms with Crippen molar-refractivity contribution in [2.24, 2.45) is 0 Å². The quantitative estimate of drug-likeness (QED) is 0.881. The van der Waals surface area contributed by atoms with Gasteiger partial charge in [0.25, 0.3) is 0 Å². The van der Waals surface area contributed by atoms with Crippen molar-refractivity contribution in [3.8, 4) is 0 Å².